The van der Waals surface area contributed by atoms with E-state index in [1.54, 1.807) is 6.20 Å². The fraction of sp³-hybridized carbons (Fsp3) is 0.280. The van der Waals surface area contributed by atoms with Crippen molar-refractivity contribution >= 4 is 29.3 Å². The van der Waals surface area contributed by atoms with Crippen LogP contribution in [-0.2, 0) is 14.3 Å². The molecule has 3 N–H and O–H groups in total. The highest BCUT2D eigenvalue weighted by Crippen LogP contribution is 2.44. The highest BCUT2D eigenvalue weighted by Gasteiger charge is 2.30. The van der Waals surface area contributed by atoms with Gasteiger partial charge in [-0.2, -0.15) is 0 Å². The van der Waals surface area contributed by atoms with Crippen molar-refractivity contribution in [1.29, 1.82) is 0 Å². The number of nitrogens with one attached hydrogen (secondary N) is 2. The smallest absolute Gasteiger partial charge is 0.407 e. The second-order valence-corrected chi connectivity index (χ2v) is 9.06. The molecule has 1 aliphatic rings. The Kier molecular flexibility index (Phi) is 7.22. The number of carbonyl (C=O) groups is 3. The van der Waals surface area contributed by atoms with E-state index in [0.29, 0.717) is 0 Å². The van der Waals surface area contributed by atoms with Gasteiger partial charge < -0.3 is 20.5 Å². The summed E-state index contributed by atoms with van der Waals surface area (Å²) in [6.07, 6.45) is 0.294. The van der Waals surface area contributed by atoms with Crippen LogP contribution in [0.3, 0.4) is 0 Å². The molecule has 2 atom stereocenters. The predicted molar refractivity (Wildman–Crippen MR) is 128 cm³/mol. The van der Waals surface area contributed by atoms with E-state index in [1.807, 2.05) is 60.8 Å². The number of carboxylic acids is 1. The van der Waals surface area contributed by atoms with Crippen molar-refractivity contribution in [2.75, 3.05) is 13.2 Å². The highest BCUT2D eigenvalue weighted by molar-refractivity contribution is 7.09. The molecule has 2 aromatic carbocycles. The molecule has 0 fully saturated rings. The largest absolute Gasteiger partial charge is 0.481 e. The molecule has 0 saturated carbocycles. The summed E-state index contributed by atoms with van der Waals surface area (Å²) in [6.45, 7) is 2.25. The average molecular weight is 480 g/mol. The Hall–Kier alpha value is -3.72. The Bertz CT molecular complexity index is 1140. The molecule has 1 aromatic heterocycles. The molecule has 1 heterocycles. The van der Waals surface area contributed by atoms with Gasteiger partial charge in [0.25, 0.3) is 0 Å². The maximum atomic E-state index is 12.6. The number of nitrogens with zero attached hydrogens (tertiary/aromatic N) is 1. The van der Waals surface area contributed by atoms with Gasteiger partial charge in [0, 0.05) is 30.0 Å². The fourth-order valence-electron chi connectivity index (χ4n) is 4.11. The summed E-state index contributed by atoms with van der Waals surface area (Å²) in [5, 5.41) is 17.0. The number of amides is 2. The Labute approximate surface area is 201 Å². The van der Waals surface area contributed by atoms with Gasteiger partial charge in [-0.05, 0) is 22.3 Å². The molecule has 2 amide bonds. The quantitative estimate of drug-likeness (QED) is 0.430. The molecule has 0 bridgehead atoms. The van der Waals surface area contributed by atoms with Gasteiger partial charge in [0.05, 0.1) is 11.4 Å². The molecule has 9 heteroatoms. The van der Waals surface area contributed by atoms with Gasteiger partial charge in [0.2, 0.25) is 5.91 Å². The highest BCUT2D eigenvalue weighted by atomic mass is 32.1. The molecule has 0 saturated heterocycles. The summed E-state index contributed by atoms with van der Waals surface area (Å²) >= 11 is 1.48. The van der Waals surface area contributed by atoms with Crippen molar-refractivity contribution in [3.05, 3.63) is 76.2 Å². The zero-order valence-corrected chi connectivity index (χ0v) is 19.4. The number of aliphatic carboxylic acids is 1. The van der Waals surface area contributed by atoms with E-state index in [0.717, 1.165) is 27.3 Å². The molecule has 4 rings (SSSR count). The predicted octanol–water partition coefficient (Wildman–Crippen LogP) is 3.74. The van der Waals surface area contributed by atoms with Gasteiger partial charge in [0.1, 0.15) is 12.6 Å². The first-order valence-corrected chi connectivity index (χ1v) is 11.8. The van der Waals surface area contributed by atoms with Crippen molar-refractivity contribution in [3.63, 3.8) is 0 Å². The monoisotopic (exact) mass is 479 g/mol. The van der Waals surface area contributed by atoms with Crippen LogP contribution in [0.2, 0.25) is 0 Å². The summed E-state index contributed by atoms with van der Waals surface area (Å²) in [6, 6.07) is 14.7. The van der Waals surface area contributed by atoms with E-state index in [1.165, 1.54) is 11.3 Å². The second-order valence-electron chi connectivity index (χ2n) is 8.14. The summed E-state index contributed by atoms with van der Waals surface area (Å²) in [5.41, 5.74) is 4.33. The molecule has 0 spiro atoms. The van der Waals surface area contributed by atoms with Crippen LogP contribution in [0.15, 0.2) is 60.1 Å². The van der Waals surface area contributed by atoms with Crippen LogP contribution in [-0.4, -0.2) is 47.3 Å². The lowest BCUT2D eigenvalue weighted by Crippen LogP contribution is -2.48. The standard InChI is InChI=1S/C25H25N3O5S/c1-15(24-26-10-11-34-24)13-27-23(31)21(12-22(29)30)28-25(32)33-14-20-18-8-4-2-6-16(18)17-7-3-5-9-19(17)20/h2-11,15,20-21H,12-14H2,1H3,(H,27,31)(H,28,32)(H,29,30). The number of alkyl carbamates (subject to hydrolysis) is 1. The number of thiazole rings is 1. The van der Waals surface area contributed by atoms with Crippen LogP contribution < -0.4 is 10.6 Å². The summed E-state index contributed by atoms with van der Waals surface area (Å²) in [7, 11) is 0. The zero-order chi connectivity index (χ0) is 24.1. The van der Waals surface area contributed by atoms with Gasteiger partial charge in [-0.25, -0.2) is 9.78 Å². The Morgan fingerprint density at radius 3 is 2.32 bits per heavy atom. The van der Waals surface area contributed by atoms with Gasteiger partial charge in [-0.1, -0.05) is 55.5 Å². The van der Waals surface area contributed by atoms with Crippen LogP contribution in [0.5, 0.6) is 0 Å². The van der Waals surface area contributed by atoms with Crippen molar-refractivity contribution in [2.24, 2.45) is 0 Å². The van der Waals surface area contributed by atoms with E-state index < -0.39 is 30.4 Å². The van der Waals surface area contributed by atoms with Crippen LogP contribution in [0, 0.1) is 0 Å². The molecular weight excluding hydrogens is 454 g/mol. The van der Waals surface area contributed by atoms with Crippen molar-refractivity contribution < 1.29 is 24.2 Å². The van der Waals surface area contributed by atoms with E-state index in [-0.39, 0.29) is 25.0 Å². The van der Waals surface area contributed by atoms with Crippen molar-refractivity contribution in [1.82, 2.24) is 15.6 Å². The summed E-state index contributed by atoms with van der Waals surface area (Å²) < 4.78 is 5.46. The molecule has 3 aromatic rings. The van der Waals surface area contributed by atoms with Gasteiger partial charge in [-0.3, -0.25) is 9.59 Å². The number of carbonyl (C=O) groups excluding carboxylic acids is 2. The molecule has 2 unspecified atom stereocenters. The summed E-state index contributed by atoms with van der Waals surface area (Å²) in [4.78, 5) is 40.6. The first-order chi connectivity index (χ1) is 16.4. The zero-order valence-electron chi connectivity index (χ0n) is 18.6. The Morgan fingerprint density at radius 1 is 1.09 bits per heavy atom. The number of benzene rings is 2. The second kappa shape index (κ2) is 10.5. The van der Waals surface area contributed by atoms with Gasteiger partial charge in [0.15, 0.2) is 0 Å². The van der Waals surface area contributed by atoms with Crippen LogP contribution >= 0.6 is 11.3 Å². The maximum Gasteiger partial charge on any atom is 0.407 e. The number of rotatable bonds is 9. The number of fused-ring (bicyclic) bond motifs is 3. The van der Waals surface area contributed by atoms with E-state index in [4.69, 9.17) is 4.74 Å². The number of ether oxygens (including phenoxy) is 1. The lowest BCUT2D eigenvalue weighted by Gasteiger charge is -2.19. The average Bonchev–Trinajstić information content (AvgIpc) is 3.47. The lowest BCUT2D eigenvalue weighted by molar-refractivity contribution is -0.139. The van der Waals surface area contributed by atoms with Crippen LogP contribution in [0.4, 0.5) is 4.79 Å². The molecule has 176 valence electrons. The topological polar surface area (TPSA) is 118 Å². The SMILES string of the molecule is CC(CNC(=O)C(CC(=O)O)NC(=O)OCC1c2ccccc2-c2ccccc21)c1nccs1. The minimum Gasteiger partial charge on any atom is -0.481 e. The van der Waals surface area contributed by atoms with E-state index >= 15 is 0 Å². The third kappa shape index (κ3) is 5.26. The number of hydrogen-bond donors (Lipinski definition) is 3. The number of hydrogen-bond acceptors (Lipinski definition) is 6. The van der Waals surface area contributed by atoms with Crippen LogP contribution in [0.1, 0.15) is 41.3 Å². The van der Waals surface area contributed by atoms with Gasteiger partial charge in [-0.15, -0.1) is 11.3 Å². The maximum absolute atomic E-state index is 12.6. The molecule has 34 heavy (non-hydrogen) atoms. The van der Waals surface area contributed by atoms with Crippen molar-refractivity contribution in [2.45, 2.75) is 31.2 Å². The van der Waals surface area contributed by atoms with E-state index in [9.17, 15) is 19.5 Å². The fourth-order valence-corrected chi connectivity index (χ4v) is 4.81. The van der Waals surface area contributed by atoms with E-state index in [2.05, 4.69) is 15.6 Å². The lowest BCUT2D eigenvalue weighted by atomic mass is 9.98. The first-order valence-electron chi connectivity index (χ1n) is 10.9. The third-order valence-corrected chi connectivity index (χ3v) is 6.79. The molecule has 1 aliphatic carbocycles. The number of carboxylic acid groups (broad SMARTS) is 1. The molecular formula is C25H25N3O5S. The normalized spacial score (nSPS) is 13.9. The first kappa shape index (κ1) is 23.4. The Balaban J connectivity index is 1.37. The Morgan fingerprint density at radius 2 is 1.74 bits per heavy atom. The summed E-state index contributed by atoms with van der Waals surface area (Å²) in [5.74, 6) is -1.96. The van der Waals surface area contributed by atoms with Crippen molar-refractivity contribution in [3.8, 4) is 11.1 Å². The molecule has 0 aliphatic heterocycles. The minimum absolute atomic E-state index is 0.0381. The molecule has 0 radical (unpaired) electrons. The number of aromatic nitrogens is 1. The minimum atomic E-state index is -1.25. The van der Waals surface area contributed by atoms with Gasteiger partial charge >= 0.3 is 12.1 Å². The molecule has 8 nitrogen and oxygen atoms in total. The third-order valence-electron chi connectivity index (χ3n) is 5.79. The van der Waals surface area contributed by atoms with Crippen LogP contribution in [0.25, 0.3) is 11.1 Å².